The molecular formula is C11H24N2. The summed E-state index contributed by atoms with van der Waals surface area (Å²) in [6.07, 6.45) is 4.12. The van der Waals surface area contributed by atoms with Gasteiger partial charge in [-0.2, -0.15) is 0 Å². The van der Waals surface area contributed by atoms with E-state index in [9.17, 15) is 0 Å². The van der Waals surface area contributed by atoms with Crippen molar-refractivity contribution in [2.75, 3.05) is 13.1 Å². The van der Waals surface area contributed by atoms with Gasteiger partial charge in [0.15, 0.2) is 0 Å². The Morgan fingerprint density at radius 1 is 0.692 bits per heavy atom. The molecule has 0 atom stereocenters. The molecule has 0 spiro atoms. The zero-order chi connectivity index (χ0) is 9.84. The fourth-order valence-electron chi connectivity index (χ4n) is 2.09. The summed E-state index contributed by atoms with van der Waals surface area (Å²) in [6.45, 7) is 11.7. The van der Waals surface area contributed by atoms with Crippen LogP contribution in [0.2, 0.25) is 0 Å². The van der Waals surface area contributed by atoms with Crippen LogP contribution in [0.15, 0.2) is 0 Å². The monoisotopic (exact) mass is 184 g/mol. The highest BCUT2D eigenvalue weighted by Crippen LogP contribution is 2.16. The molecule has 1 saturated heterocycles. The average Bonchev–Trinajstić information content (AvgIpc) is 2.27. The van der Waals surface area contributed by atoms with Crippen molar-refractivity contribution in [1.29, 1.82) is 0 Å². The lowest BCUT2D eigenvalue weighted by Gasteiger charge is -2.39. The first-order valence-electron chi connectivity index (χ1n) is 5.66. The summed E-state index contributed by atoms with van der Waals surface area (Å²) in [5.41, 5.74) is 0. The van der Waals surface area contributed by atoms with Crippen molar-refractivity contribution < 1.29 is 0 Å². The molecule has 0 aliphatic carbocycles. The first-order valence-corrected chi connectivity index (χ1v) is 5.66. The fraction of sp³-hybridized carbons (Fsp3) is 1.00. The Hall–Kier alpha value is -0.0800. The summed E-state index contributed by atoms with van der Waals surface area (Å²) in [7, 11) is 0. The third-order valence-corrected chi connectivity index (χ3v) is 2.80. The second-order valence-corrected chi connectivity index (χ2v) is 4.57. The number of hydrogen-bond donors (Lipinski definition) is 0. The molecule has 0 bridgehead atoms. The van der Waals surface area contributed by atoms with E-state index in [0.29, 0.717) is 12.1 Å². The van der Waals surface area contributed by atoms with Gasteiger partial charge in [-0.05, 0) is 40.5 Å². The smallest absolute Gasteiger partial charge is 0.0189 e. The van der Waals surface area contributed by atoms with Crippen LogP contribution >= 0.6 is 0 Å². The third-order valence-electron chi connectivity index (χ3n) is 2.80. The SMILES string of the molecule is CC(C)N1CCCCCN1C(C)C. The van der Waals surface area contributed by atoms with Gasteiger partial charge < -0.3 is 0 Å². The van der Waals surface area contributed by atoms with Crippen LogP contribution in [-0.4, -0.2) is 35.2 Å². The highest BCUT2D eigenvalue weighted by molar-refractivity contribution is 4.69. The molecular weight excluding hydrogens is 160 g/mol. The molecule has 1 rings (SSSR count). The molecule has 0 saturated carbocycles. The topological polar surface area (TPSA) is 6.48 Å². The zero-order valence-electron chi connectivity index (χ0n) is 9.58. The zero-order valence-corrected chi connectivity index (χ0v) is 9.58. The maximum atomic E-state index is 2.54. The molecule has 2 heteroatoms. The van der Waals surface area contributed by atoms with E-state index in [0.717, 1.165) is 0 Å². The molecule has 78 valence electrons. The molecule has 1 fully saturated rings. The van der Waals surface area contributed by atoms with Crippen molar-refractivity contribution in [3.05, 3.63) is 0 Å². The predicted octanol–water partition coefficient (Wildman–Crippen LogP) is 2.51. The largest absolute Gasteiger partial charge is 0.239 e. The number of nitrogens with zero attached hydrogens (tertiary/aromatic N) is 2. The fourth-order valence-corrected chi connectivity index (χ4v) is 2.09. The first-order chi connectivity index (χ1) is 6.13. The van der Waals surface area contributed by atoms with Gasteiger partial charge in [0.05, 0.1) is 0 Å². The number of hydrogen-bond acceptors (Lipinski definition) is 2. The average molecular weight is 184 g/mol. The van der Waals surface area contributed by atoms with Gasteiger partial charge in [0.1, 0.15) is 0 Å². The Morgan fingerprint density at radius 3 is 1.38 bits per heavy atom. The molecule has 0 unspecified atom stereocenters. The van der Waals surface area contributed by atoms with Crippen molar-refractivity contribution >= 4 is 0 Å². The van der Waals surface area contributed by atoms with Crippen molar-refractivity contribution in [2.45, 2.75) is 59.0 Å². The minimum Gasteiger partial charge on any atom is -0.239 e. The van der Waals surface area contributed by atoms with E-state index < -0.39 is 0 Å². The first kappa shape index (κ1) is 11.0. The molecule has 0 N–H and O–H groups in total. The van der Waals surface area contributed by atoms with E-state index in [-0.39, 0.29) is 0 Å². The lowest BCUT2D eigenvalue weighted by Crippen LogP contribution is -2.49. The summed E-state index contributed by atoms with van der Waals surface area (Å²) in [5.74, 6) is 0. The van der Waals surface area contributed by atoms with Crippen LogP contribution in [0.1, 0.15) is 47.0 Å². The van der Waals surface area contributed by atoms with Gasteiger partial charge >= 0.3 is 0 Å². The lowest BCUT2D eigenvalue weighted by molar-refractivity contribution is -0.0661. The Balaban J connectivity index is 2.61. The molecule has 0 aromatic carbocycles. The molecule has 1 heterocycles. The number of rotatable bonds is 2. The van der Waals surface area contributed by atoms with Crippen molar-refractivity contribution in [1.82, 2.24) is 10.0 Å². The van der Waals surface area contributed by atoms with E-state index in [2.05, 4.69) is 37.7 Å². The molecule has 0 aromatic heterocycles. The normalized spacial score (nSPS) is 22.6. The third kappa shape index (κ3) is 2.96. The van der Waals surface area contributed by atoms with Gasteiger partial charge in [-0.3, -0.25) is 0 Å². The minimum absolute atomic E-state index is 0.653. The van der Waals surface area contributed by atoms with Gasteiger partial charge in [0, 0.05) is 25.2 Å². The van der Waals surface area contributed by atoms with Crippen LogP contribution in [0.25, 0.3) is 0 Å². The summed E-state index contributed by atoms with van der Waals surface area (Å²) in [6, 6.07) is 1.31. The second kappa shape index (κ2) is 4.97. The van der Waals surface area contributed by atoms with Crippen LogP contribution in [-0.2, 0) is 0 Å². The van der Waals surface area contributed by atoms with Crippen molar-refractivity contribution in [3.8, 4) is 0 Å². The second-order valence-electron chi connectivity index (χ2n) is 4.57. The quantitative estimate of drug-likeness (QED) is 0.650. The van der Waals surface area contributed by atoms with Gasteiger partial charge in [-0.25, -0.2) is 10.0 Å². The van der Waals surface area contributed by atoms with Gasteiger partial charge in [0.2, 0.25) is 0 Å². The predicted molar refractivity (Wildman–Crippen MR) is 57.5 cm³/mol. The van der Waals surface area contributed by atoms with Crippen LogP contribution in [0.5, 0.6) is 0 Å². The number of hydrazine groups is 1. The molecule has 1 aliphatic heterocycles. The van der Waals surface area contributed by atoms with Gasteiger partial charge in [-0.15, -0.1) is 0 Å². The highest BCUT2D eigenvalue weighted by atomic mass is 15.6. The molecule has 13 heavy (non-hydrogen) atoms. The Kier molecular flexibility index (Phi) is 4.20. The standard InChI is InChI=1S/C11H24N2/c1-10(2)12-8-6-5-7-9-13(12)11(3)4/h10-11H,5-9H2,1-4H3. The summed E-state index contributed by atoms with van der Waals surface area (Å²) < 4.78 is 0. The summed E-state index contributed by atoms with van der Waals surface area (Å²) in [4.78, 5) is 0. The molecule has 0 aromatic rings. The van der Waals surface area contributed by atoms with Gasteiger partial charge in [0.25, 0.3) is 0 Å². The molecule has 0 amide bonds. The Morgan fingerprint density at radius 2 is 1.08 bits per heavy atom. The van der Waals surface area contributed by atoms with Crippen LogP contribution in [0.3, 0.4) is 0 Å². The van der Waals surface area contributed by atoms with Crippen molar-refractivity contribution in [2.24, 2.45) is 0 Å². The van der Waals surface area contributed by atoms with Crippen molar-refractivity contribution in [3.63, 3.8) is 0 Å². The summed E-state index contributed by atoms with van der Waals surface area (Å²) in [5, 5.41) is 5.08. The van der Waals surface area contributed by atoms with E-state index in [4.69, 9.17) is 0 Å². The van der Waals surface area contributed by atoms with E-state index in [1.165, 1.54) is 32.4 Å². The molecule has 1 aliphatic rings. The maximum Gasteiger partial charge on any atom is 0.0189 e. The highest BCUT2D eigenvalue weighted by Gasteiger charge is 2.22. The van der Waals surface area contributed by atoms with Gasteiger partial charge in [-0.1, -0.05) is 6.42 Å². The van der Waals surface area contributed by atoms with E-state index in [1.807, 2.05) is 0 Å². The van der Waals surface area contributed by atoms with Crippen LogP contribution in [0, 0.1) is 0 Å². The summed E-state index contributed by atoms with van der Waals surface area (Å²) >= 11 is 0. The lowest BCUT2D eigenvalue weighted by atomic mass is 10.2. The maximum absolute atomic E-state index is 2.54. The Labute approximate surface area is 82.9 Å². The van der Waals surface area contributed by atoms with E-state index >= 15 is 0 Å². The molecule has 0 radical (unpaired) electrons. The van der Waals surface area contributed by atoms with Crippen LogP contribution in [0.4, 0.5) is 0 Å². The van der Waals surface area contributed by atoms with Crippen LogP contribution < -0.4 is 0 Å². The van der Waals surface area contributed by atoms with E-state index in [1.54, 1.807) is 0 Å². The molecule has 2 nitrogen and oxygen atoms in total. The minimum atomic E-state index is 0.653. The Bertz CT molecular complexity index is 127.